The molecule has 0 aromatic carbocycles. The van der Waals surface area contributed by atoms with Gasteiger partial charge in [-0.25, -0.2) is 4.57 Å². The van der Waals surface area contributed by atoms with Crippen LogP contribution >= 0.6 is 7.82 Å². The van der Waals surface area contributed by atoms with Crippen LogP contribution in [0.15, 0.2) is 72.9 Å². The number of nitrogens with two attached hydrogens (primary N) is 1. The van der Waals surface area contributed by atoms with Crippen molar-refractivity contribution in [3.05, 3.63) is 72.9 Å². The number of hydrogen-bond donors (Lipinski definition) is 2. The molecule has 2 atom stereocenters. The number of ether oxygens (including phenoxy) is 2. The second-order valence-electron chi connectivity index (χ2n) is 20.9. The first-order chi connectivity index (χ1) is 36.8. The largest absolute Gasteiger partial charge is 0.472 e. The van der Waals surface area contributed by atoms with Gasteiger partial charge in [0.2, 0.25) is 0 Å². The Balaban J connectivity index is 3.90. The Kier molecular flexibility index (Phi) is 58.6. The molecule has 0 amide bonds. The molecule has 0 rings (SSSR count). The predicted octanol–water partition coefficient (Wildman–Crippen LogP) is 20.1. The van der Waals surface area contributed by atoms with Gasteiger partial charge in [-0.3, -0.25) is 18.6 Å². The molecule has 75 heavy (non-hydrogen) atoms. The molecular formula is C65H118NO8P. The summed E-state index contributed by atoms with van der Waals surface area (Å²) in [6.07, 6.45) is 78.3. The third kappa shape index (κ3) is 60.5. The number of hydrogen-bond acceptors (Lipinski definition) is 8. The number of phosphoric acid groups is 1. The number of esters is 2. The van der Waals surface area contributed by atoms with Crippen LogP contribution < -0.4 is 5.73 Å². The van der Waals surface area contributed by atoms with Crippen LogP contribution in [0, 0.1) is 0 Å². The fourth-order valence-corrected chi connectivity index (χ4v) is 9.72. The van der Waals surface area contributed by atoms with Crippen LogP contribution in [0.2, 0.25) is 0 Å². The van der Waals surface area contributed by atoms with Crippen molar-refractivity contribution in [1.82, 2.24) is 0 Å². The minimum atomic E-state index is -4.39. The molecule has 0 saturated carbocycles. The fraction of sp³-hybridized carbons (Fsp3) is 0.785. The van der Waals surface area contributed by atoms with Crippen LogP contribution in [0.3, 0.4) is 0 Å². The molecular weight excluding hydrogens is 954 g/mol. The molecule has 0 spiro atoms. The van der Waals surface area contributed by atoms with E-state index in [4.69, 9.17) is 24.3 Å². The van der Waals surface area contributed by atoms with Gasteiger partial charge in [0.05, 0.1) is 13.2 Å². The Morgan fingerprint density at radius 2 is 0.733 bits per heavy atom. The van der Waals surface area contributed by atoms with Crippen LogP contribution in [0.4, 0.5) is 0 Å². The van der Waals surface area contributed by atoms with E-state index in [9.17, 15) is 19.0 Å². The molecule has 0 aromatic heterocycles. The van der Waals surface area contributed by atoms with Crippen molar-refractivity contribution in [3.8, 4) is 0 Å². The van der Waals surface area contributed by atoms with Crippen molar-refractivity contribution in [3.63, 3.8) is 0 Å². The summed E-state index contributed by atoms with van der Waals surface area (Å²) in [5.74, 6) is -0.819. The van der Waals surface area contributed by atoms with Gasteiger partial charge in [0.15, 0.2) is 6.10 Å². The fourth-order valence-electron chi connectivity index (χ4n) is 8.95. The molecule has 3 N–H and O–H groups in total. The second kappa shape index (κ2) is 60.7. The second-order valence-corrected chi connectivity index (χ2v) is 22.3. The Morgan fingerprint density at radius 3 is 1.11 bits per heavy atom. The van der Waals surface area contributed by atoms with Crippen molar-refractivity contribution in [1.29, 1.82) is 0 Å². The van der Waals surface area contributed by atoms with Gasteiger partial charge in [0.1, 0.15) is 6.61 Å². The molecule has 2 unspecified atom stereocenters. The highest BCUT2D eigenvalue weighted by atomic mass is 31.2. The summed E-state index contributed by atoms with van der Waals surface area (Å²) in [4.78, 5) is 35.2. The maximum Gasteiger partial charge on any atom is 0.472 e. The molecule has 0 aliphatic heterocycles. The Hall–Kier alpha value is -2.55. The minimum absolute atomic E-state index is 0.0526. The lowest BCUT2D eigenvalue weighted by Gasteiger charge is -2.19. The summed E-state index contributed by atoms with van der Waals surface area (Å²) in [7, 11) is -4.39. The van der Waals surface area contributed by atoms with Gasteiger partial charge in [-0.2, -0.15) is 0 Å². The molecule has 0 saturated heterocycles. The monoisotopic (exact) mass is 1070 g/mol. The minimum Gasteiger partial charge on any atom is -0.462 e. The zero-order chi connectivity index (χ0) is 54.5. The average molecular weight is 1070 g/mol. The van der Waals surface area contributed by atoms with E-state index in [0.29, 0.717) is 6.42 Å². The van der Waals surface area contributed by atoms with E-state index < -0.39 is 26.5 Å². The molecule has 0 aliphatic rings. The molecule has 0 aliphatic carbocycles. The normalized spacial score (nSPS) is 13.5. The van der Waals surface area contributed by atoms with E-state index in [2.05, 4.69) is 86.8 Å². The Bertz CT molecular complexity index is 1460. The summed E-state index contributed by atoms with van der Waals surface area (Å²) in [6, 6.07) is 0. The first-order valence-corrected chi connectivity index (χ1v) is 32.9. The van der Waals surface area contributed by atoms with Gasteiger partial charge in [-0.05, 0) is 83.5 Å². The average Bonchev–Trinajstić information content (AvgIpc) is 3.40. The van der Waals surface area contributed by atoms with Gasteiger partial charge in [-0.1, -0.05) is 273 Å². The maximum atomic E-state index is 12.7. The molecule has 0 radical (unpaired) electrons. The summed E-state index contributed by atoms with van der Waals surface area (Å²) >= 11 is 0. The van der Waals surface area contributed by atoms with Crippen LogP contribution in [0.5, 0.6) is 0 Å². The highest BCUT2D eigenvalue weighted by Crippen LogP contribution is 2.43. The topological polar surface area (TPSA) is 134 Å². The molecule has 436 valence electrons. The number of rotatable bonds is 59. The quantitative estimate of drug-likeness (QED) is 0.0264. The summed E-state index contributed by atoms with van der Waals surface area (Å²) < 4.78 is 33.1. The van der Waals surface area contributed by atoms with E-state index in [1.165, 1.54) is 193 Å². The Labute approximate surface area is 462 Å². The molecule has 0 aromatic rings. The lowest BCUT2D eigenvalue weighted by atomic mass is 10.0. The molecule has 0 heterocycles. The lowest BCUT2D eigenvalue weighted by molar-refractivity contribution is -0.161. The highest BCUT2D eigenvalue weighted by molar-refractivity contribution is 7.47. The first-order valence-electron chi connectivity index (χ1n) is 31.4. The van der Waals surface area contributed by atoms with Crippen molar-refractivity contribution in [2.75, 3.05) is 26.4 Å². The number of carbonyl (C=O) groups excluding carboxylic acids is 2. The van der Waals surface area contributed by atoms with Crippen molar-refractivity contribution in [2.45, 2.75) is 302 Å². The van der Waals surface area contributed by atoms with E-state index in [1.807, 2.05) is 0 Å². The number of phosphoric ester groups is 1. The number of allylic oxidation sites excluding steroid dienone is 12. The zero-order valence-corrected chi connectivity index (χ0v) is 49.7. The maximum absolute atomic E-state index is 12.7. The number of unbranched alkanes of at least 4 members (excludes halogenated alkanes) is 34. The van der Waals surface area contributed by atoms with Gasteiger partial charge >= 0.3 is 19.8 Å². The van der Waals surface area contributed by atoms with Gasteiger partial charge in [-0.15, -0.1) is 0 Å². The first kappa shape index (κ1) is 72.5. The van der Waals surface area contributed by atoms with Crippen LogP contribution in [-0.4, -0.2) is 49.3 Å². The third-order valence-electron chi connectivity index (χ3n) is 13.6. The van der Waals surface area contributed by atoms with Crippen molar-refractivity contribution < 1.29 is 37.6 Å². The SMILES string of the molecule is CC/C=C\C/C=C\C/C=C\C/C=C\C/C=C\CCCCCCCCCCCCCCCCCCCC(=O)OC(COC(=O)CCCCCCCCCCC/C=C\CCCCCCCCCC)COP(=O)(O)OCCN. The Morgan fingerprint density at radius 1 is 0.413 bits per heavy atom. The van der Waals surface area contributed by atoms with Gasteiger partial charge in [0, 0.05) is 19.4 Å². The summed E-state index contributed by atoms with van der Waals surface area (Å²) in [5, 5.41) is 0. The smallest absolute Gasteiger partial charge is 0.462 e. The zero-order valence-electron chi connectivity index (χ0n) is 48.8. The molecule has 10 heteroatoms. The van der Waals surface area contributed by atoms with Crippen molar-refractivity contribution >= 4 is 19.8 Å². The summed E-state index contributed by atoms with van der Waals surface area (Å²) in [6.45, 7) is 3.67. The van der Waals surface area contributed by atoms with E-state index in [0.717, 1.165) is 70.6 Å². The third-order valence-corrected chi connectivity index (χ3v) is 14.6. The highest BCUT2D eigenvalue weighted by Gasteiger charge is 2.26. The van der Waals surface area contributed by atoms with Crippen LogP contribution in [0.1, 0.15) is 296 Å². The van der Waals surface area contributed by atoms with Crippen LogP contribution in [-0.2, 0) is 32.7 Å². The van der Waals surface area contributed by atoms with Gasteiger partial charge < -0.3 is 20.1 Å². The standard InChI is InChI=1S/C65H118NO8P/c1-3-5-7-9-11-13-15-17-19-21-23-25-26-27-28-29-30-31-32-33-34-35-36-38-40-42-44-46-48-50-52-54-56-58-65(68)74-63(62-73-75(69,70)72-60-59-66)61-71-64(67)57-55-53-51-49-47-45-43-41-39-37-24-22-20-18-16-14-12-10-8-6-4-2/h5,7,11,13,17,19,22-25,27-28,63H,3-4,6,8-10,12,14-16,18,20-21,26,29-62,66H2,1-2H3,(H,69,70)/b7-5-,13-11-,19-17-,24-22-,25-23-,28-27-. The van der Waals surface area contributed by atoms with Gasteiger partial charge in [0.25, 0.3) is 0 Å². The molecule has 9 nitrogen and oxygen atoms in total. The van der Waals surface area contributed by atoms with E-state index >= 15 is 0 Å². The van der Waals surface area contributed by atoms with Crippen molar-refractivity contribution in [2.24, 2.45) is 5.73 Å². The number of carbonyl (C=O) groups is 2. The molecule has 0 fully saturated rings. The van der Waals surface area contributed by atoms with Crippen LogP contribution in [0.25, 0.3) is 0 Å². The van der Waals surface area contributed by atoms with E-state index in [1.54, 1.807) is 0 Å². The summed E-state index contributed by atoms with van der Waals surface area (Å²) in [5.41, 5.74) is 5.39. The predicted molar refractivity (Wildman–Crippen MR) is 321 cm³/mol. The lowest BCUT2D eigenvalue weighted by Crippen LogP contribution is -2.29. The molecule has 0 bridgehead atoms. The van der Waals surface area contributed by atoms with E-state index in [-0.39, 0.29) is 38.6 Å².